The van der Waals surface area contributed by atoms with E-state index in [9.17, 15) is 5.11 Å². The number of aromatic nitrogens is 2. The molecule has 2 aromatic rings. The third-order valence-corrected chi connectivity index (χ3v) is 6.07. The normalized spacial score (nSPS) is 17.7. The Kier molecular flexibility index (Phi) is 5.34. The van der Waals surface area contributed by atoms with Crippen LogP contribution in [0.3, 0.4) is 0 Å². The Bertz CT molecular complexity index is 726. The molecule has 0 aromatic carbocycles. The molecule has 1 atom stereocenters. The van der Waals surface area contributed by atoms with Crippen LogP contribution in [0.5, 0.6) is 0 Å². The van der Waals surface area contributed by atoms with Crippen molar-refractivity contribution >= 4 is 39.1 Å². The lowest BCUT2D eigenvalue weighted by molar-refractivity contribution is -0.0379. The fourth-order valence-electron chi connectivity index (χ4n) is 2.89. The number of aliphatic hydroxyl groups excluding tert-OH is 1. The van der Waals surface area contributed by atoms with Gasteiger partial charge in [-0.05, 0) is 31.6 Å². The zero-order valence-corrected chi connectivity index (χ0v) is 16.3. The number of rotatable bonds is 6. The Hall–Kier alpha value is -0.890. The highest BCUT2D eigenvalue weighted by molar-refractivity contribution is 7.99. The van der Waals surface area contributed by atoms with Crippen molar-refractivity contribution in [3.05, 3.63) is 10.4 Å². The van der Waals surface area contributed by atoms with Gasteiger partial charge in [0.1, 0.15) is 10.6 Å². The van der Waals surface area contributed by atoms with Crippen LogP contribution in [0.15, 0.2) is 5.16 Å². The SMILES string of the molecule is CCSc1nc(N[C@@H](CC)CO)c2c3c(sc2n1)COC(C)(C)C3. The Morgan fingerprint density at radius 1 is 1.38 bits per heavy atom. The molecule has 0 spiro atoms. The van der Waals surface area contributed by atoms with Gasteiger partial charge in [0.15, 0.2) is 5.16 Å². The number of ether oxygens (including phenoxy) is 1. The van der Waals surface area contributed by atoms with Gasteiger partial charge in [-0.25, -0.2) is 9.97 Å². The first kappa shape index (κ1) is 17.9. The maximum Gasteiger partial charge on any atom is 0.190 e. The molecule has 0 bridgehead atoms. The highest BCUT2D eigenvalue weighted by Crippen LogP contribution is 2.41. The van der Waals surface area contributed by atoms with Crippen LogP contribution in [-0.4, -0.2) is 39.1 Å². The predicted molar refractivity (Wildman–Crippen MR) is 101 cm³/mol. The van der Waals surface area contributed by atoms with Crippen molar-refractivity contribution in [2.45, 2.75) is 63.9 Å². The Morgan fingerprint density at radius 3 is 2.83 bits per heavy atom. The van der Waals surface area contributed by atoms with Crippen molar-refractivity contribution in [2.24, 2.45) is 0 Å². The Labute approximate surface area is 151 Å². The molecule has 3 rings (SSSR count). The van der Waals surface area contributed by atoms with Gasteiger partial charge in [0.25, 0.3) is 0 Å². The molecule has 7 heteroatoms. The highest BCUT2D eigenvalue weighted by Gasteiger charge is 2.31. The minimum Gasteiger partial charge on any atom is -0.394 e. The number of hydrogen-bond donors (Lipinski definition) is 2. The number of thioether (sulfide) groups is 1. The number of nitrogens with zero attached hydrogens (tertiary/aromatic N) is 2. The van der Waals surface area contributed by atoms with E-state index >= 15 is 0 Å². The quantitative estimate of drug-likeness (QED) is 0.597. The predicted octanol–water partition coefficient (Wildman–Crippen LogP) is 3.84. The highest BCUT2D eigenvalue weighted by atomic mass is 32.2. The van der Waals surface area contributed by atoms with Gasteiger partial charge in [0.05, 0.1) is 30.2 Å². The molecule has 1 aliphatic heterocycles. The van der Waals surface area contributed by atoms with Crippen molar-refractivity contribution in [3.8, 4) is 0 Å². The van der Waals surface area contributed by atoms with E-state index in [2.05, 4.69) is 33.0 Å². The van der Waals surface area contributed by atoms with Gasteiger partial charge in [-0.1, -0.05) is 25.6 Å². The van der Waals surface area contributed by atoms with Crippen LogP contribution >= 0.6 is 23.1 Å². The molecule has 0 unspecified atom stereocenters. The van der Waals surface area contributed by atoms with Crippen LogP contribution in [0.1, 0.15) is 44.6 Å². The number of thiophene rings is 1. The standard InChI is InChI=1S/C17H25N3O2S2/c1-5-10(8-21)18-14-13-11-7-17(3,4)22-9-12(11)24-15(13)20-16(19-14)23-6-2/h10,21H,5-9H2,1-4H3,(H,18,19,20)/t10-/m0/s1. The summed E-state index contributed by atoms with van der Waals surface area (Å²) in [5.74, 6) is 1.79. The second-order valence-corrected chi connectivity index (χ2v) is 8.94. The van der Waals surface area contributed by atoms with Gasteiger partial charge in [0.2, 0.25) is 0 Å². The maximum absolute atomic E-state index is 9.58. The van der Waals surface area contributed by atoms with Crippen molar-refractivity contribution in [1.82, 2.24) is 9.97 Å². The molecule has 0 radical (unpaired) electrons. The zero-order valence-electron chi connectivity index (χ0n) is 14.7. The monoisotopic (exact) mass is 367 g/mol. The average molecular weight is 368 g/mol. The van der Waals surface area contributed by atoms with E-state index < -0.39 is 0 Å². The summed E-state index contributed by atoms with van der Waals surface area (Å²) in [6, 6.07) is 0.00553. The molecular weight excluding hydrogens is 342 g/mol. The molecule has 3 heterocycles. The summed E-state index contributed by atoms with van der Waals surface area (Å²) in [7, 11) is 0. The van der Waals surface area contributed by atoms with Crippen molar-refractivity contribution in [1.29, 1.82) is 0 Å². The van der Waals surface area contributed by atoms with E-state index in [4.69, 9.17) is 14.7 Å². The molecule has 0 amide bonds. The molecule has 0 fully saturated rings. The number of hydrogen-bond acceptors (Lipinski definition) is 7. The average Bonchev–Trinajstić information content (AvgIpc) is 2.89. The molecule has 132 valence electrons. The van der Waals surface area contributed by atoms with Crippen LogP contribution in [0, 0.1) is 0 Å². The van der Waals surface area contributed by atoms with E-state index in [0.29, 0.717) is 6.61 Å². The summed E-state index contributed by atoms with van der Waals surface area (Å²) in [5, 5.41) is 14.9. The Balaban J connectivity index is 2.13. The minimum absolute atomic E-state index is 0.00553. The van der Waals surface area contributed by atoms with Crippen LogP contribution in [0.4, 0.5) is 5.82 Å². The molecule has 0 saturated carbocycles. The zero-order chi connectivity index (χ0) is 17.3. The molecule has 0 aliphatic carbocycles. The lowest BCUT2D eigenvalue weighted by atomic mass is 9.94. The smallest absolute Gasteiger partial charge is 0.190 e. The number of nitrogens with one attached hydrogen (secondary N) is 1. The fourth-order valence-corrected chi connectivity index (χ4v) is 4.62. The first-order valence-corrected chi connectivity index (χ1v) is 10.2. The van der Waals surface area contributed by atoms with Crippen LogP contribution in [-0.2, 0) is 17.8 Å². The third kappa shape index (κ3) is 3.54. The summed E-state index contributed by atoms with van der Waals surface area (Å²) in [5.41, 5.74) is 1.13. The van der Waals surface area contributed by atoms with E-state index in [1.54, 1.807) is 23.1 Å². The van der Waals surface area contributed by atoms with Crippen molar-refractivity contribution < 1.29 is 9.84 Å². The number of aliphatic hydroxyl groups is 1. The second-order valence-electron chi connectivity index (χ2n) is 6.63. The van der Waals surface area contributed by atoms with E-state index in [-0.39, 0.29) is 18.2 Å². The summed E-state index contributed by atoms with van der Waals surface area (Å²) >= 11 is 3.35. The largest absolute Gasteiger partial charge is 0.394 e. The van der Waals surface area contributed by atoms with Gasteiger partial charge in [-0.15, -0.1) is 11.3 Å². The molecule has 2 N–H and O–H groups in total. The van der Waals surface area contributed by atoms with Crippen LogP contribution < -0.4 is 5.32 Å². The summed E-state index contributed by atoms with van der Waals surface area (Å²) in [6.07, 6.45) is 1.70. The molecule has 24 heavy (non-hydrogen) atoms. The molecule has 0 saturated heterocycles. The van der Waals surface area contributed by atoms with E-state index in [1.165, 1.54) is 10.4 Å². The first-order valence-electron chi connectivity index (χ1n) is 8.43. The Morgan fingerprint density at radius 2 is 2.17 bits per heavy atom. The molecule has 5 nitrogen and oxygen atoms in total. The van der Waals surface area contributed by atoms with Crippen molar-refractivity contribution in [2.75, 3.05) is 17.7 Å². The number of fused-ring (bicyclic) bond motifs is 3. The van der Waals surface area contributed by atoms with Gasteiger partial charge < -0.3 is 15.2 Å². The summed E-state index contributed by atoms with van der Waals surface area (Å²) in [6.45, 7) is 9.14. The van der Waals surface area contributed by atoms with Crippen molar-refractivity contribution in [3.63, 3.8) is 0 Å². The number of anilines is 1. The first-order chi connectivity index (χ1) is 11.5. The maximum atomic E-state index is 9.58. The van der Waals surface area contributed by atoms with E-state index in [1.807, 2.05) is 0 Å². The van der Waals surface area contributed by atoms with Crippen LogP contribution in [0.25, 0.3) is 10.2 Å². The second kappa shape index (κ2) is 7.15. The molecule has 1 aliphatic rings. The molecule has 2 aromatic heterocycles. The van der Waals surface area contributed by atoms with Gasteiger partial charge >= 0.3 is 0 Å². The third-order valence-electron chi connectivity index (χ3n) is 4.24. The lowest BCUT2D eigenvalue weighted by Crippen LogP contribution is -2.31. The summed E-state index contributed by atoms with van der Waals surface area (Å²) in [4.78, 5) is 11.8. The topological polar surface area (TPSA) is 67.3 Å². The fraction of sp³-hybridized carbons (Fsp3) is 0.647. The van der Waals surface area contributed by atoms with Gasteiger partial charge in [-0.2, -0.15) is 0 Å². The minimum atomic E-state index is -0.170. The lowest BCUT2D eigenvalue weighted by Gasteiger charge is -2.30. The van der Waals surface area contributed by atoms with Gasteiger partial charge in [0, 0.05) is 11.3 Å². The van der Waals surface area contributed by atoms with Crippen LogP contribution in [0.2, 0.25) is 0 Å². The molecular formula is C17H25N3O2S2. The van der Waals surface area contributed by atoms with Gasteiger partial charge in [-0.3, -0.25) is 0 Å². The summed E-state index contributed by atoms with van der Waals surface area (Å²) < 4.78 is 5.96. The van der Waals surface area contributed by atoms with E-state index in [0.717, 1.165) is 39.8 Å².